The molecular formula is C23H28Cl2N2O5. The van der Waals surface area contributed by atoms with E-state index in [-0.39, 0.29) is 25.0 Å². The van der Waals surface area contributed by atoms with Gasteiger partial charge in [-0.15, -0.1) is 0 Å². The van der Waals surface area contributed by atoms with Crippen LogP contribution in [0.4, 0.5) is 0 Å². The minimum absolute atomic E-state index is 0.168. The minimum Gasteiger partial charge on any atom is -0.496 e. The fraction of sp³-hybridized carbons (Fsp3) is 0.391. The number of nitrogens with one attached hydrogen (secondary N) is 1. The van der Waals surface area contributed by atoms with Crippen LogP contribution in [-0.2, 0) is 16.1 Å². The number of methoxy groups -OCH3 is 2. The molecular weight excluding hydrogens is 455 g/mol. The predicted octanol–water partition coefficient (Wildman–Crippen LogP) is 4.33. The Morgan fingerprint density at radius 2 is 1.62 bits per heavy atom. The third-order valence-corrected chi connectivity index (χ3v) is 5.48. The fourth-order valence-electron chi connectivity index (χ4n) is 2.91. The molecule has 174 valence electrons. The van der Waals surface area contributed by atoms with Crippen molar-refractivity contribution >= 4 is 35.0 Å². The molecule has 0 saturated heterocycles. The Morgan fingerprint density at radius 3 is 2.19 bits per heavy atom. The van der Waals surface area contributed by atoms with Crippen LogP contribution in [0.1, 0.15) is 25.8 Å². The minimum atomic E-state index is -0.716. The lowest BCUT2D eigenvalue weighted by Gasteiger charge is -2.29. The maximum absolute atomic E-state index is 13.1. The molecule has 0 saturated carbocycles. The van der Waals surface area contributed by atoms with Crippen molar-refractivity contribution < 1.29 is 23.8 Å². The number of benzene rings is 2. The summed E-state index contributed by atoms with van der Waals surface area (Å²) in [4.78, 5) is 27.1. The second-order valence-corrected chi connectivity index (χ2v) is 7.89. The molecule has 1 N–H and O–H groups in total. The average Bonchev–Trinajstić information content (AvgIpc) is 2.80. The van der Waals surface area contributed by atoms with Crippen molar-refractivity contribution in [2.24, 2.45) is 0 Å². The first-order chi connectivity index (χ1) is 15.3. The van der Waals surface area contributed by atoms with E-state index in [2.05, 4.69) is 5.32 Å². The molecule has 2 aromatic rings. The average molecular weight is 483 g/mol. The summed E-state index contributed by atoms with van der Waals surface area (Å²) >= 11 is 12.1. The Labute approximate surface area is 198 Å². The van der Waals surface area contributed by atoms with Gasteiger partial charge in [-0.05, 0) is 31.0 Å². The van der Waals surface area contributed by atoms with Crippen LogP contribution >= 0.6 is 23.2 Å². The van der Waals surface area contributed by atoms with Gasteiger partial charge < -0.3 is 24.4 Å². The molecule has 0 aliphatic carbocycles. The number of nitrogens with zero attached hydrogens (tertiary/aromatic N) is 1. The van der Waals surface area contributed by atoms with Crippen LogP contribution in [0.5, 0.6) is 17.2 Å². The van der Waals surface area contributed by atoms with Crippen LogP contribution in [0, 0.1) is 0 Å². The monoisotopic (exact) mass is 482 g/mol. The first-order valence-corrected chi connectivity index (χ1v) is 10.9. The zero-order valence-corrected chi connectivity index (χ0v) is 20.1. The van der Waals surface area contributed by atoms with E-state index in [0.29, 0.717) is 33.8 Å². The summed E-state index contributed by atoms with van der Waals surface area (Å²) in [7, 11) is 3.05. The fourth-order valence-corrected chi connectivity index (χ4v) is 3.23. The van der Waals surface area contributed by atoms with Gasteiger partial charge in [0, 0.05) is 31.3 Å². The highest BCUT2D eigenvalue weighted by Gasteiger charge is 2.26. The lowest BCUT2D eigenvalue weighted by Crippen LogP contribution is -2.49. The molecule has 0 aliphatic rings. The second-order valence-electron chi connectivity index (χ2n) is 7.07. The number of amides is 2. The van der Waals surface area contributed by atoms with Gasteiger partial charge in [0.1, 0.15) is 23.3 Å². The second kappa shape index (κ2) is 12.4. The normalized spacial score (nSPS) is 11.4. The Kier molecular flexibility index (Phi) is 9.94. The van der Waals surface area contributed by atoms with Crippen molar-refractivity contribution in [3.05, 3.63) is 52.0 Å². The van der Waals surface area contributed by atoms with E-state index in [1.807, 2.05) is 6.92 Å². The molecule has 0 fully saturated rings. The maximum atomic E-state index is 13.1. The number of rotatable bonds is 11. The molecule has 0 aromatic heterocycles. The predicted molar refractivity (Wildman–Crippen MR) is 125 cm³/mol. The molecule has 2 amide bonds. The standard InChI is InChI=1S/C23H28Cl2N2O5/c1-5-8-26-23(29)15(2)27(13-16-6-7-20(24)21(25)9-16)22(28)14-32-19-11-17(30-3)10-18(12-19)31-4/h6-7,9-12,15H,5,8,13-14H2,1-4H3,(H,26,29)/t15-/m0/s1. The van der Waals surface area contributed by atoms with Crippen molar-refractivity contribution in [3.8, 4) is 17.2 Å². The Morgan fingerprint density at radius 1 is 1.00 bits per heavy atom. The number of halogens is 2. The molecule has 0 aliphatic heterocycles. The summed E-state index contributed by atoms with van der Waals surface area (Å²) in [5.74, 6) is 0.867. The number of carbonyl (C=O) groups is 2. The molecule has 0 unspecified atom stereocenters. The van der Waals surface area contributed by atoms with Crippen LogP contribution in [0.15, 0.2) is 36.4 Å². The zero-order chi connectivity index (χ0) is 23.7. The van der Waals surface area contributed by atoms with Gasteiger partial charge in [-0.1, -0.05) is 36.2 Å². The Hall–Kier alpha value is -2.64. The smallest absolute Gasteiger partial charge is 0.261 e. The number of hydrogen-bond acceptors (Lipinski definition) is 5. The van der Waals surface area contributed by atoms with E-state index in [0.717, 1.165) is 12.0 Å². The molecule has 1 atom stereocenters. The third-order valence-electron chi connectivity index (χ3n) is 4.74. The van der Waals surface area contributed by atoms with Gasteiger partial charge in [-0.25, -0.2) is 0 Å². The highest BCUT2D eigenvalue weighted by atomic mass is 35.5. The van der Waals surface area contributed by atoms with Gasteiger partial charge in [-0.2, -0.15) is 0 Å². The summed E-state index contributed by atoms with van der Waals surface area (Å²) < 4.78 is 16.1. The highest BCUT2D eigenvalue weighted by Crippen LogP contribution is 2.28. The topological polar surface area (TPSA) is 77.1 Å². The third kappa shape index (κ3) is 7.21. The summed E-state index contributed by atoms with van der Waals surface area (Å²) in [6.07, 6.45) is 0.792. The molecule has 0 heterocycles. The molecule has 2 rings (SSSR count). The van der Waals surface area contributed by atoms with Crippen molar-refractivity contribution in [2.45, 2.75) is 32.9 Å². The molecule has 0 bridgehead atoms. The largest absolute Gasteiger partial charge is 0.496 e. The Balaban J connectivity index is 2.20. The van der Waals surface area contributed by atoms with Crippen molar-refractivity contribution in [2.75, 3.05) is 27.4 Å². The maximum Gasteiger partial charge on any atom is 0.261 e. The first-order valence-electron chi connectivity index (χ1n) is 10.2. The van der Waals surface area contributed by atoms with E-state index in [4.69, 9.17) is 37.4 Å². The van der Waals surface area contributed by atoms with Crippen molar-refractivity contribution in [3.63, 3.8) is 0 Å². The summed E-state index contributed by atoms with van der Waals surface area (Å²) in [5, 5.41) is 3.61. The quantitative estimate of drug-likeness (QED) is 0.515. The van der Waals surface area contributed by atoms with Gasteiger partial charge in [0.2, 0.25) is 5.91 Å². The van der Waals surface area contributed by atoms with Gasteiger partial charge in [-0.3, -0.25) is 9.59 Å². The van der Waals surface area contributed by atoms with Gasteiger partial charge in [0.25, 0.3) is 5.91 Å². The van der Waals surface area contributed by atoms with Gasteiger partial charge in [0.15, 0.2) is 6.61 Å². The molecule has 7 nitrogen and oxygen atoms in total. The zero-order valence-electron chi connectivity index (χ0n) is 18.6. The van der Waals surface area contributed by atoms with Crippen LogP contribution in [0.3, 0.4) is 0 Å². The van der Waals surface area contributed by atoms with E-state index in [9.17, 15) is 9.59 Å². The van der Waals surface area contributed by atoms with Gasteiger partial charge >= 0.3 is 0 Å². The van der Waals surface area contributed by atoms with Crippen LogP contribution in [-0.4, -0.2) is 50.1 Å². The SMILES string of the molecule is CCCNC(=O)[C@H](C)N(Cc1ccc(Cl)c(Cl)c1)C(=O)COc1cc(OC)cc(OC)c1. The molecule has 0 spiro atoms. The van der Waals surface area contributed by atoms with Crippen molar-refractivity contribution in [1.82, 2.24) is 10.2 Å². The summed E-state index contributed by atoms with van der Waals surface area (Å²) in [6.45, 7) is 4.05. The first kappa shape index (κ1) is 25.6. The van der Waals surface area contributed by atoms with Gasteiger partial charge in [0.05, 0.1) is 24.3 Å². The number of carbonyl (C=O) groups excluding carboxylic acids is 2. The lowest BCUT2D eigenvalue weighted by molar-refractivity contribution is -0.142. The van der Waals surface area contributed by atoms with E-state index in [1.165, 1.54) is 19.1 Å². The van der Waals surface area contributed by atoms with Crippen LogP contribution < -0.4 is 19.5 Å². The van der Waals surface area contributed by atoms with Crippen LogP contribution in [0.2, 0.25) is 10.0 Å². The number of hydrogen-bond donors (Lipinski definition) is 1. The highest BCUT2D eigenvalue weighted by molar-refractivity contribution is 6.42. The molecule has 0 radical (unpaired) electrons. The van der Waals surface area contributed by atoms with E-state index in [1.54, 1.807) is 43.3 Å². The molecule has 32 heavy (non-hydrogen) atoms. The van der Waals surface area contributed by atoms with Crippen LogP contribution in [0.25, 0.3) is 0 Å². The molecule has 9 heteroatoms. The summed E-state index contributed by atoms with van der Waals surface area (Å²) in [5.41, 5.74) is 0.742. The Bertz CT molecular complexity index is 916. The van der Waals surface area contributed by atoms with E-state index >= 15 is 0 Å². The molecule has 2 aromatic carbocycles. The lowest BCUT2D eigenvalue weighted by atomic mass is 10.1. The number of ether oxygens (including phenoxy) is 3. The van der Waals surface area contributed by atoms with E-state index < -0.39 is 6.04 Å². The summed E-state index contributed by atoms with van der Waals surface area (Å²) in [6, 6.07) is 9.38. The van der Waals surface area contributed by atoms with Crippen molar-refractivity contribution in [1.29, 1.82) is 0 Å².